The van der Waals surface area contributed by atoms with Gasteiger partial charge in [-0.3, -0.25) is 0 Å². The average Bonchev–Trinajstić information content (AvgIpc) is 2.54. The summed E-state index contributed by atoms with van der Waals surface area (Å²) in [5.41, 5.74) is 1.09. The third kappa shape index (κ3) is 5.04. The fraction of sp³-hybridized carbons (Fsp3) is 0.294. The summed E-state index contributed by atoms with van der Waals surface area (Å²) < 4.78 is 42.1. The Kier molecular flexibility index (Phi) is 5.74. The van der Waals surface area contributed by atoms with E-state index in [1.807, 2.05) is 12.1 Å². The van der Waals surface area contributed by atoms with Crippen molar-refractivity contribution in [1.29, 1.82) is 0 Å². The van der Waals surface area contributed by atoms with Crippen molar-refractivity contribution in [3.63, 3.8) is 0 Å². The molecule has 0 heterocycles. The molecule has 0 aromatic heterocycles. The maximum atomic E-state index is 12.9. The smallest absolute Gasteiger partial charge is 0.339 e. The van der Waals surface area contributed by atoms with Crippen LogP contribution in [0.3, 0.4) is 0 Å². The van der Waals surface area contributed by atoms with Gasteiger partial charge in [0.2, 0.25) is 0 Å². The van der Waals surface area contributed by atoms with E-state index in [2.05, 4.69) is 19.2 Å². The molecule has 0 unspecified atom stereocenters. The number of quaternary nitrogens is 1. The van der Waals surface area contributed by atoms with Crippen LogP contribution in [-0.2, 0) is 16.7 Å². The van der Waals surface area contributed by atoms with E-state index < -0.39 is 15.9 Å². The van der Waals surface area contributed by atoms with Gasteiger partial charge in [0.15, 0.2) is 0 Å². The van der Waals surface area contributed by atoms with Gasteiger partial charge in [-0.1, -0.05) is 6.92 Å². The number of hydrogen-bond acceptors (Lipinski definition) is 3. The average molecular weight is 338 g/mol. The lowest BCUT2D eigenvalue weighted by molar-refractivity contribution is -0.701. The molecular formula is C17H21FNO3S+. The molecule has 2 N–H and O–H groups in total. The first kappa shape index (κ1) is 17.4. The summed E-state index contributed by atoms with van der Waals surface area (Å²) in [6, 6.07) is 12.0. The topological polar surface area (TPSA) is 60.0 Å². The Hall–Kier alpha value is -1.92. The molecule has 4 nitrogen and oxygen atoms in total. The van der Waals surface area contributed by atoms with Crippen molar-refractivity contribution in [2.45, 2.75) is 37.8 Å². The molecule has 1 atom stereocenters. The monoisotopic (exact) mass is 338 g/mol. The second-order valence-electron chi connectivity index (χ2n) is 5.46. The zero-order valence-corrected chi connectivity index (χ0v) is 14.0. The van der Waals surface area contributed by atoms with Crippen LogP contribution < -0.4 is 9.50 Å². The molecule has 23 heavy (non-hydrogen) atoms. The van der Waals surface area contributed by atoms with Crippen molar-refractivity contribution in [2.75, 3.05) is 0 Å². The first-order chi connectivity index (χ1) is 10.9. The fourth-order valence-electron chi connectivity index (χ4n) is 1.96. The highest BCUT2D eigenvalue weighted by Gasteiger charge is 2.16. The van der Waals surface area contributed by atoms with Crippen LogP contribution in [0.2, 0.25) is 0 Å². The van der Waals surface area contributed by atoms with Gasteiger partial charge in [-0.15, -0.1) is 0 Å². The van der Waals surface area contributed by atoms with Crippen molar-refractivity contribution in [3.05, 3.63) is 59.9 Å². The normalized spacial score (nSPS) is 12.8. The van der Waals surface area contributed by atoms with E-state index in [0.29, 0.717) is 6.04 Å². The zero-order chi connectivity index (χ0) is 16.9. The summed E-state index contributed by atoms with van der Waals surface area (Å²) in [5, 5.41) is 2.23. The Labute approximate surface area is 136 Å². The van der Waals surface area contributed by atoms with Gasteiger partial charge < -0.3 is 9.50 Å². The molecule has 0 amide bonds. The maximum Gasteiger partial charge on any atom is 0.339 e. The molecule has 0 saturated carbocycles. The molecular weight excluding hydrogens is 317 g/mol. The van der Waals surface area contributed by atoms with Crippen LogP contribution >= 0.6 is 0 Å². The molecule has 0 aliphatic heterocycles. The predicted molar refractivity (Wildman–Crippen MR) is 86.0 cm³/mol. The van der Waals surface area contributed by atoms with Crippen LogP contribution in [0.4, 0.5) is 4.39 Å². The zero-order valence-electron chi connectivity index (χ0n) is 13.2. The molecule has 2 aromatic rings. The van der Waals surface area contributed by atoms with E-state index in [1.54, 1.807) is 12.1 Å². The van der Waals surface area contributed by atoms with Gasteiger partial charge in [0.05, 0.1) is 6.04 Å². The lowest BCUT2D eigenvalue weighted by Gasteiger charge is -2.09. The third-order valence-electron chi connectivity index (χ3n) is 3.63. The molecule has 6 heteroatoms. The standard InChI is InChI=1S/C17H20FNO3S/c1-3-13(2)19-12-14-4-8-16(9-5-14)22-23(20,21)17-10-6-15(18)7-11-17/h4-11,13,19H,3,12H2,1-2H3/p+1/t13-/m0/s1. The van der Waals surface area contributed by atoms with E-state index >= 15 is 0 Å². The maximum absolute atomic E-state index is 12.9. The SMILES string of the molecule is CC[C@H](C)[NH2+]Cc1ccc(OS(=O)(=O)c2ccc(F)cc2)cc1. The fourth-order valence-corrected chi connectivity index (χ4v) is 2.89. The number of nitrogens with two attached hydrogens (primary N) is 1. The number of halogens is 1. The van der Waals surface area contributed by atoms with Gasteiger partial charge in [0.1, 0.15) is 23.0 Å². The molecule has 0 radical (unpaired) electrons. The minimum absolute atomic E-state index is 0.0759. The Morgan fingerprint density at radius 2 is 1.70 bits per heavy atom. The first-order valence-electron chi connectivity index (χ1n) is 7.53. The highest BCUT2D eigenvalue weighted by atomic mass is 32.2. The Balaban J connectivity index is 2.04. The quantitative estimate of drug-likeness (QED) is 0.789. The minimum Gasteiger partial charge on any atom is -0.379 e. The predicted octanol–water partition coefficient (Wildman–Crippen LogP) is 2.46. The van der Waals surface area contributed by atoms with Gasteiger partial charge in [0.25, 0.3) is 0 Å². The van der Waals surface area contributed by atoms with Crippen molar-refractivity contribution >= 4 is 10.1 Å². The summed E-state index contributed by atoms with van der Waals surface area (Å²) >= 11 is 0. The molecule has 0 saturated heterocycles. The van der Waals surface area contributed by atoms with Gasteiger partial charge in [-0.25, -0.2) is 4.39 Å². The molecule has 124 valence electrons. The third-order valence-corrected chi connectivity index (χ3v) is 4.89. The minimum atomic E-state index is -3.95. The molecule has 0 fully saturated rings. The second-order valence-corrected chi connectivity index (χ2v) is 7.01. The Bertz CT molecular complexity index is 727. The van der Waals surface area contributed by atoms with Gasteiger partial charge in [0, 0.05) is 5.56 Å². The van der Waals surface area contributed by atoms with Crippen molar-refractivity contribution < 1.29 is 22.3 Å². The molecule has 0 bridgehead atoms. The largest absolute Gasteiger partial charge is 0.379 e. The summed E-state index contributed by atoms with van der Waals surface area (Å²) in [4.78, 5) is -0.0759. The lowest BCUT2D eigenvalue weighted by Crippen LogP contribution is -2.87. The van der Waals surface area contributed by atoms with Crippen LogP contribution in [0, 0.1) is 5.82 Å². The van der Waals surface area contributed by atoms with E-state index in [4.69, 9.17) is 4.18 Å². The number of benzene rings is 2. The Morgan fingerprint density at radius 3 is 2.26 bits per heavy atom. The van der Waals surface area contributed by atoms with Crippen molar-refractivity contribution in [1.82, 2.24) is 0 Å². The number of hydrogen-bond donors (Lipinski definition) is 1. The summed E-state index contributed by atoms with van der Waals surface area (Å²) in [7, 11) is -3.95. The molecule has 2 aromatic carbocycles. The van der Waals surface area contributed by atoms with Crippen molar-refractivity contribution in [2.24, 2.45) is 0 Å². The lowest BCUT2D eigenvalue weighted by atomic mass is 10.2. The molecule has 0 aliphatic rings. The second kappa shape index (κ2) is 7.57. The van der Waals surface area contributed by atoms with Crippen LogP contribution in [0.5, 0.6) is 5.75 Å². The first-order valence-corrected chi connectivity index (χ1v) is 8.94. The number of rotatable bonds is 7. The van der Waals surface area contributed by atoms with Crippen LogP contribution in [0.25, 0.3) is 0 Å². The van der Waals surface area contributed by atoms with Gasteiger partial charge in [-0.2, -0.15) is 8.42 Å². The highest BCUT2D eigenvalue weighted by molar-refractivity contribution is 7.87. The molecule has 2 rings (SSSR count). The summed E-state index contributed by atoms with van der Waals surface area (Å²) in [6.07, 6.45) is 1.09. The van der Waals surface area contributed by atoms with E-state index in [0.717, 1.165) is 30.7 Å². The Morgan fingerprint density at radius 1 is 1.09 bits per heavy atom. The molecule has 0 spiro atoms. The highest BCUT2D eigenvalue weighted by Crippen LogP contribution is 2.19. The van der Waals surface area contributed by atoms with Gasteiger partial charge in [-0.05, 0) is 61.9 Å². The molecule has 0 aliphatic carbocycles. The van der Waals surface area contributed by atoms with Crippen LogP contribution in [-0.4, -0.2) is 14.5 Å². The van der Waals surface area contributed by atoms with E-state index in [9.17, 15) is 12.8 Å². The van der Waals surface area contributed by atoms with Crippen LogP contribution in [0.15, 0.2) is 53.4 Å². The van der Waals surface area contributed by atoms with Gasteiger partial charge >= 0.3 is 10.1 Å². The van der Waals surface area contributed by atoms with Crippen LogP contribution in [0.1, 0.15) is 25.8 Å². The summed E-state index contributed by atoms with van der Waals surface area (Å²) in [6.45, 7) is 5.13. The van der Waals surface area contributed by atoms with E-state index in [-0.39, 0.29) is 10.6 Å². The summed E-state index contributed by atoms with van der Waals surface area (Å²) in [5.74, 6) is -0.257. The van der Waals surface area contributed by atoms with E-state index in [1.165, 1.54) is 12.1 Å². The van der Waals surface area contributed by atoms with Crippen molar-refractivity contribution in [3.8, 4) is 5.75 Å².